The summed E-state index contributed by atoms with van der Waals surface area (Å²) in [4.78, 5) is 16.5. The Hall–Kier alpha value is -1.24. The molecule has 4 nitrogen and oxygen atoms in total. The van der Waals surface area contributed by atoms with Gasteiger partial charge in [0.25, 0.3) is 0 Å². The van der Waals surface area contributed by atoms with E-state index in [0.717, 1.165) is 37.4 Å². The maximum Gasteiger partial charge on any atom is 0.331 e. The third-order valence-electron chi connectivity index (χ3n) is 2.75. The van der Waals surface area contributed by atoms with Crippen LogP contribution in [0.3, 0.4) is 0 Å². The van der Waals surface area contributed by atoms with E-state index in [1.54, 1.807) is 0 Å². The van der Waals surface area contributed by atoms with Crippen LogP contribution in [0.15, 0.2) is 18.2 Å². The van der Waals surface area contributed by atoms with Gasteiger partial charge in [-0.1, -0.05) is 41.8 Å². The van der Waals surface area contributed by atoms with Crippen LogP contribution in [-0.4, -0.2) is 11.0 Å². The van der Waals surface area contributed by atoms with Gasteiger partial charge in [-0.15, -0.1) is 0 Å². The average Bonchev–Trinajstić information content (AvgIpc) is 2.84. The van der Waals surface area contributed by atoms with Crippen molar-refractivity contribution in [2.45, 2.75) is 6.42 Å². The predicted octanol–water partition coefficient (Wildman–Crippen LogP) is 3.10. The van der Waals surface area contributed by atoms with Crippen molar-refractivity contribution in [3.05, 3.63) is 33.7 Å². The summed E-state index contributed by atoms with van der Waals surface area (Å²) in [6, 6.07) is 5.08. The lowest BCUT2D eigenvalue weighted by Gasteiger charge is -2.07. The number of primary amides is 1. The first-order valence-corrected chi connectivity index (χ1v) is 6.72. The Morgan fingerprint density at radius 1 is 1.56 bits per heavy atom. The highest BCUT2D eigenvalue weighted by atomic mass is 35.5. The minimum atomic E-state index is -0.637. The lowest BCUT2D eigenvalue weighted by Crippen LogP contribution is -2.27. The predicted molar refractivity (Wildman–Crippen MR) is 76.4 cm³/mol. The van der Waals surface area contributed by atoms with E-state index in [9.17, 15) is 4.79 Å². The molecule has 0 saturated carbocycles. The topological polar surface area (TPSA) is 59.2 Å². The van der Waals surface area contributed by atoms with Crippen LogP contribution in [0, 0.1) is 0 Å². The summed E-state index contributed by atoms with van der Waals surface area (Å²) in [6.07, 6.45) is 0.781. The van der Waals surface area contributed by atoms with Gasteiger partial charge in [-0.25, -0.2) is 14.1 Å². The number of carbonyl (C=O) groups excluding carboxylic acids is 1. The van der Waals surface area contributed by atoms with E-state index in [-0.39, 0.29) is 0 Å². The summed E-state index contributed by atoms with van der Waals surface area (Å²) in [6.45, 7) is 0. The van der Waals surface area contributed by atoms with Crippen molar-refractivity contribution in [1.82, 2.24) is 4.98 Å². The molecular formula is C11H8ClN3OS2. The molecule has 0 radical (unpaired) electrons. The first-order chi connectivity index (χ1) is 8.56. The van der Waals surface area contributed by atoms with Crippen molar-refractivity contribution >= 4 is 46.9 Å². The van der Waals surface area contributed by atoms with Gasteiger partial charge in [-0.3, -0.25) is 0 Å². The second kappa shape index (κ2) is 4.15. The van der Waals surface area contributed by atoms with E-state index in [0.29, 0.717) is 5.13 Å². The normalized spacial score (nSPS) is 12.1. The number of fused-ring (bicyclic) bond motifs is 3. The Kier molecular flexibility index (Phi) is 2.73. The van der Waals surface area contributed by atoms with Crippen LogP contribution in [-0.2, 0) is 6.42 Å². The SMILES string of the molecule is NC(=O)N(S)c1nc2c(s1)Cc1cc(Cl)ccc1-2. The number of amides is 2. The molecule has 18 heavy (non-hydrogen) atoms. The fraction of sp³-hybridized carbons (Fsp3) is 0.0909. The molecule has 7 heteroatoms. The number of halogens is 1. The molecule has 2 N–H and O–H groups in total. The average molecular weight is 298 g/mol. The summed E-state index contributed by atoms with van der Waals surface area (Å²) in [5.74, 6) is 0. The molecule has 1 aromatic heterocycles. The molecule has 0 bridgehead atoms. The molecule has 0 saturated heterocycles. The number of nitrogens with two attached hydrogens (primary N) is 1. The summed E-state index contributed by atoms with van der Waals surface area (Å²) < 4.78 is 1.05. The maximum atomic E-state index is 11.0. The zero-order chi connectivity index (χ0) is 12.9. The zero-order valence-corrected chi connectivity index (χ0v) is 11.5. The molecule has 0 spiro atoms. The Bertz CT molecular complexity index is 656. The van der Waals surface area contributed by atoms with Crippen LogP contribution in [0.25, 0.3) is 11.3 Å². The Balaban J connectivity index is 2.05. The minimum absolute atomic E-state index is 0.497. The Morgan fingerprint density at radius 2 is 2.33 bits per heavy atom. The number of carbonyl (C=O) groups is 1. The third-order valence-corrected chi connectivity index (χ3v) is 4.55. The minimum Gasteiger partial charge on any atom is -0.350 e. The first kappa shape index (κ1) is 11.8. The number of rotatable bonds is 1. The number of hydrogen-bond acceptors (Lipinski definition) is 4. The van der Waals surface area contributed by atoms with E-state index in [4.69, 9.17) is 17.3 Å². The molecule has 0 aliphatic heterocycles. The molecule has 2 amide bonds. The largest absolute Gasteiger partial charge is 0.350 e. The Labute approximate surface area is 118 Å². The molecule has 1 aromatic carbocycles. The number of thiol groups is 1. The van der Waals surface area contributed by atoms with Crippen LogP contribution in [0.5, 0.6) is 0 Å². The van der Waals surface area contributed by atoms with E-state index in [2.05, 4.69) is 17.8 Å². The summed E-state index contributed by atoms with van der Waals surface area (Å²) in [5.41, 5.74) is 8.27. The van der Waals surface area contributed by atoms with E-state index in [1.807, 2.05) is 18.2 Å². The van der Waals surface area contributed by atoms with Crippen LogP contribution >= 0.6 is 35.8 Å². The second-order valence-electron chi connectivity index (χ2n) is 3.90. The summed E-state index contributed by atoms with van der Waals surface area (Å²) in [5, 5.41) is 1.22. The molecule has 1 heterocycles. The molecule has 1 aliphatic rings. The first-order valence-electron chi connectivity index (χ1n) is 5.13. The fourth-order valence-electron chi connectivity index (χ4n) is 1.97. The summed E-state index contributed by atoms with van der Waals surface area (Å²) in [7, 11) is 0. The highest BCUT2D eigenvalue weighted by Gasteiger charge is 2.25. The van der Waals surface area contributed by atoms with Gasteiger partial charge in [0, 0.05) is 21.9 Å². The van der Waals surface area contributed by atoms with E-state index < -0.39 is 6.03 Å². The van der Waals surface area contributed by atoms with E-state index >= 15 is 0 Å². The smallest absolute Gasteiger partial charge is 0.331 e. The number of nitrogens with zero attached hydrogens (tertiary/aromatic N) is 2. The standard InChI is InChI=1S/C11H8ClN3OS2/c12-6-1-2-7-5(3-6)4-8-9(7)14-11(18-8)15(17)10(13)16/h1-3,17H,4H2,(H2,13,16). The lowest BCUT2D eigenvalue weighted by molar-refractivity contribution is 0.257. The van der Waals surface area contributed by atoms with E-state index in [1.165, 1.54) is 11.3 Å². The van der Waals surface area contributed by atoms with Crippen molar-refractivity contribution in [3.8, 4) is 11.3 Å². The van der Waals surface area contributed by atoms with Gasteiger partial charge < -0.3 is 5.73 Å². The van der Waals surface area contributed by atoms with Crippen LogP contribution < -0.4 is 10.0 Å². The molecule has 3 rings (SSSR count). The number of aromatic nitrogens is 1. The van der Waals surface area contributed by atoms with Crippen LogP contribution in [0.4, 0.5) is 9.93 Å². The summed E-state index contributed by atoms with van der Waals surface area (Å²) >= 11 is 11.4. The molecule has 0 atom stereocenters. The lowest BCUT2D eigenvalue weighted by atomic mass is 10.1. The molecule has 2 aromatic rings. The van der Waals surface area contributed by atoms with Gasteiger partial charge in [0.15, 0.2) is 0 Å². The zero-order valence-electron chi connectivity index (χ0n) is 9.05. The van der Waals surface area contributed by atoms with Crippen molar-refractivity contribution in [3.63, 3.8) is 0 Å². The Morgan fingerprint density at radius 3 is 3.06 bits per heavy atom. The molecule has 0 fully saturated rings. The van der Waals surface area contributed by atoms with Gasteiger partial charge in [0.05, 0.1) is 5.69 Å². The fourth-order valence-corrected chi connectivity index (χ4v) is 3.34. The number of urea groups is 1. The molecule has 1 aliphatic carbocycles. The number of anilines is 1. The highest BCUT2D eigenvalue weighted by Crippen LogP contribution is 2.42. The van der Waals surface area contributed by atoms with Gasteiger partial charge in [-0.05, 0) is 17.7 Å². The van der Waals surface area contributed by atoms with Gasteiger partial charge in [-0.2, -0.15) is 0 Å². The van der Waals surface area contributed by atoms with Gasteiger partial charge in [0.2, 0.25) is 5.13 Å². The molecular weight excluding hydrogens is 290 g/mol. The molecule has 0 unspecified atom stereocenters. The van der Waals surface area contributed by atoms with Crippen molar-refractivity contribution in [2.24, 2.45) is 5.73 Å². The van der Waals surface area contributed by atoms with Crippen molar-refractivity contribution < 1.29 is 4.79 Å². The van der Waals surface area contributed by atoms with Gasteiger partial charge in [0.1, 0.15) is 0 Å². The quantitative estimate of drug-likeness (QED) is 0.678. The van der Waals surface area contributed by atoms with Crippen molar-refractivity contribution in [2.75, 3.05) is 4.31 Å². The maximum absolute atomic E-state index is 11.0. The number of benzene rings is 1. The molecule has 92 valence electrons. The van der Waals surface area contributed by atoms with Gasteiger partial charge >= 0.3 is 6.03 Å². The number of hydrogen-bond donors (Lipinski definition) is 2. The third kappa shape index (κ3) is 1.77. The van der Waals surface area contributed by atoms with Crippen LogP contribution in [0.1, 0.15) is 10.4 Å². The van der Waals surface area contributed by atoms with Crippen LogP contribution in [0.2, 0.25) is 5.02 Å². The highest BCUT2D eigenvalue weighted by molar-refractivity contribution is 7.83. The second-order valence-corrected chi connectivity index (χ2v) is 5.80. The van der Waals surface area contributed by atoms with Crippen molar-refractivity contribution in [1.29, 1.82) is 0 Å². The number of thiazole rings is 1. The monoisotopic (exact) mass is 297 g/mol.